The highest BCUT2D eigenvalue weighted by molar-refractivity contribution is 7.89. The number of nitrogens with zero attached hydrogens (tertiary/aromatic N) is 2. The highest BCUT2D eigenvalue weighted by atomic mass is 32.2. The number of rotatable bonds is 8. The zero-order valence-corrected chi connectivity index (χ0v) is 23.0. The van der Waals surface area contributed by atoms with Gasteiger partial charge in [-0.05, 0) is 61.9 Å². The fourth-order valence-corrected chi connectivity index (χ4v) is 8.10. The summed E-state index contributed by atoms with van der Waals surface area (Å²) >= 11 is 0. The van der Waals surface area contributed by atoms with Gasteiger partial charge in [0.2, 0.25) is 26.0 Å². The van der Waals surface area contributed by atoms with Crippen LogP contribution in [0.1, 0.15) is 43.2 Å². The van der Waals surface area contributed by atoms with E-state index in [1.807, 2.05) is 31.2 Å². The number of carbonyl (C=O) groups is 1. The van der Waals surface area contributed by atoms with E-state index in [9.17, 15) is 21.6 Å². The molecule has 2 aliphatic heterocycles. The third-order valence-corrected chi connectivity index (χ3v) is 10.9. The molecule has 0 radical (unpaired) electrons. The standard InChI is InChI=1S/C26H35N3O6S2/c1-20-8-4-5-9-22(20)19-36(31,32)28-16-12-21(13-17-28)26(30)27-24-18-23(10-11-25(24)35-2)37(33,34)29-14-6-3-7-15-29/h4-5,8-11,18,21H,3,6-7,12-17,19H2,1-2H3,(H,27,30). The summed E-state index contributed by atoms with van der Waals surface area (Å²) in [5, 5.41) is 2.83. The van der Waals surface area contributed by atoms with Gasteiger partial charge < -0.3 is 10.1 Å². The average molecular weight is 550 g/mol. The van der Waals surface area contributed by atoms with Crippen molar-refractivity contribution in [2.75, 3.05) is 38.6 Å². The normalized spacial score (nSPS) is 18.4. The van der Waals surface area contributed by atoms with E-state index in [4.69, 9.17) is 4.74 Å². The van der Waals surface area contributed by atoms with Crippen LogP contribution < -0.4 is 10.1 Å². The number of anilines is 1. The van der Waals surface area contributed by atoms with E-state index in [0.717, 1.165) is 30.4 Å². The lowest BCUT2D eigenvalue weighted by Crippen LogP contribution is -2.42. The minimum atomic E-state index is -3.67. The number of aryl methyl sites for hydroxylation is 1. The summed E-state index contributed by atoms with van der Waals surface area (Å²) < 4.78 is 60.5. The molecule has 202 valence electrons. The van der Waals surface area contributed by atoms with E-state index in [1.54, 1.807) is 6.07 Å². The van der Waals surface area contributed by atoms with Gasteiger partial charge in [0.25, 0.3) is 0 Å². The molecule has 2 saturated heterocycles. The van der Waals surface area contributed by atoms with Crippen molar-refractivity contribution < 1.29 is 26.4 Å². The van der Waals surface area contributed by atoms with Crippen LogP contribution in [0.2, 0.25) is 0 Å². The zero-order valence-electron chi connectivity index (χ0n) is 21.4. The van der Waals surface area contributed by atoms with Crippen molar-refractivity contribution in [3.63, 3.8) is 0 Å². The van der Waals surface area contributed by atoms with E-state index < -0.39 is 26.0 Å². The highest BCUT2D eigenvalue weighted by Crippen LogP contribution is 2.31. The molecule has 0 unspecified atom stereocenters. The minimum Gasteiger partial charge on any atom is -0.495 e. The zero-order chi connectivity index (χ0) is 26.6. The summed E-state index contributed by atoms with van der Waals surface area (Å²) in [4.78, 5) is 13.2. The Morgan fingerprint density at radius 2 is 1.62 bits per heavy atom. The molecule has 0 atom stereocenters. The molecule has 0 spiro atoms. The molecule has 0 bridgehead atoms. The first kappa shape index (κ1) is 27.6. The third-order valence-electron chi connectivity index (χ3n) is 7.20. The van der Waals surface area contributed by atoms with E-state index in [1.165, 1.54) is 27.9 Å². The summed E-state index contributed by atoms with van der Waals surface area (Å²) in [7, 11) is -5.71. The summed E-state index contributed by atoms with van der Waals surface area (Å²) in [6.07, 6.45) is 3.44. The second-order valence-corrected chi connectivity index (χ2v) is 13.6. The Labute approximate surface area is 219 Å². The number of ether oxygens (including phenoxy) is 1. The van der Waals surface area contributed by atoms with Crippen molar-refractivity contribution in [1.82, 2.24) is 8.61 Å². The van der Waals surface area contributed by atoms with Crippen LogP contribution >= 0.6 is 0 Å². The van der Waals surface area contributed by atoms with Crippen molar-refractivity contribution in [2.45, 2.75) is 49.7 Å². The Bertz CT molecular complexity index is 1330. The summed E-state index contributed by atoms with van der Waals surface area (Å²) in [6, 6.07) is 11.9. The second-order valence-electron chi connectivity index (χ2n) is 9.67. The van der Waals surface area contributed by atoms with Crippen molar-refractivity contribution >= 4 is 31.6 Å². The number of methoxy groups -OCH3 is 1. The quantitative estimate of drug-likeness (QED) is 0.540. The van der Waals surface area contributed by atoms with Crippen LogP contribution in [-0.4, -0.2) is 64.6 Å². The highest BCUT2D eigenvalue weighted by Gasteiger charge is 2.32. The fourth-order valence-electron chi connectivity index (χ4n) is 4.89. The first-order chi connectivity index (χ1) is 17.6. The molecule has 0 aromatic heterocycles. The summed E-state index contributed by atoms with van der Waals surface area (Å²) in [6.45, 7) is 3.38. The van der Waals surface area contributed by atoms with Crippen molar-refractivity contribution in [2.24, 2.45) is 5.92 Å². The average Bonchev–Trinajstić information content (AvgIpc) is 2.90. The van der Waals surface area contributed by atoms with Crippen LogP contribution in [0.5, 0.6) is 5.75 Å². The Morgan fingerprint density at radius 3 is 2.27 bits per heavy atom. The van der Waals surface area contributed by atoms with Gasteiger partial charge in [-0.2, -0.15) is 4.31 Å². The molecule has 1 N–H and O–H groups in total. The maximum atomic E-state index is 13.1. The van der Waals surface area contributed by atoms with Crippen molar-refractivity contribution in [3.8, 4) is 5.75 Å². The van der Waals surface area contributed by atoms with Crippen LogP contribution in [0.4, 0.5) is 5.69 Å². The maximum absolute atomic E-state index is 13.1. The predicted octanol–water partition coefficient (Wildman–Crippen LogP) is 3.36. The van der Waals surface area contributed by atoms with Gasteiger partial charge >= 0.3 is 0 Å². The van der Waals surface area contributed by atoms with Crippen LogP contribution in [0.3, 0.4) is 0 Å². The Hall–Kier alpha value is -2.47. The largest absolute Gasteiger partial charge is 0.495 e. The number of nitrogens with one attached hydrogen (secondary N) is 1. The molecule has 37 heavy (non-hydrogen) atoms. The van der Waals surface area contributed by atoms with Gasteiger partial charge in [-0.25, -0.2) is 21.1 Å². The first-order valence-corrected chi connectivity index (χ1v) is 15.7. The third kappa shape index (κ3) is 6.34. The van der Waals surface area contributed by atoms with E-state index in [2.05, 4.69) is 5.32 Å². The molecule has 1 amide bonds. The van der Waals surface area contributed by atoms with Gasteiger partial charge in [0, 0.05) is 32.1 Å². The predicted molar refractivity (Wildman–Crippen MR) is 142 cm³/mol. The van der Waals surface area contributed by atoms with Crippen LogP contribution in [0.15, 0.2) is 47.4 Å². The van der Waals surface area contributed by atoms with Crippen molar-refractivity contribution in [1.29, 1.82) is 0 Å². The molecule has 2 aliphatic rings. The molecule has 0 saturated carbocycles. The monoisotopic (exact) mass is 549 g/mol. The summed E-state index contributed by atoms with van der Waals surface area (Å²) in [5.41, 5.74) is 1.99. The Morgan fingerprint density at radius 1 is 0.946 bits per heavy atom. The number of amides is 1. The number of benzene rings is 2. The first-order valence-electron chi connectivity index (χ1n) is 12.6. The lowest BCUT2D eigenvalue weighted by Gasteiger charge is -2.31. The van der Waals surface area contributed by atoms with Crippen LogP contribution in [-0.2, 0) is 30.6 Å². The van der Waals surface area contributed by atoms with Gasteiger partial charge in [-0.3, -0.25) is 4.79 Å². The minimum absolute atomic E-state index is 0.0635. The molecular formula is C26H35N3O6S2. The fraction of sp³-hybridized carbons (Fsp3) is 0.500. The lowest BCUT2D eigenvalue weighted by atomic mass is 9.97. The van der Waals surface area contributed by atoms with Gasteiger partial charge in [0.15, 0.2) is 0 Å². The molecule has 2 fully saturated rings. The van der Waals surface area contributed by atoms with E-state index in [0.29, 0.717) is 37.4 Å². The second kappa shape index (κ2) is 11.5. The SMILES string of the molecule is COc1ccc(S(=O)(=O)N2CCCCC2)cc1NC(=O)C1CCN(S(=O)(=O)Cc2ccccc2C)CC1. The molecular weight excluding hydrogens is 514 g/mol. The maximum Gasteiger partial charge on any atom is 0.243 e. The number of piperidine rings is 2. The topological polar surface area (TPSA) is 113 Å². The lowest BCUT2D eigenvalue weighted by molar-refractivity contribution is -0.120. The Kier molecular flexibility index (Phi) is 8.57. The number of sulfonamides is 2. The molecule has 9 nitrogen and oxygen atoms in total. The molecule has 11 heteroatoms. The number of carbonyl (C=O) groups excluding carboxylic acids is 1. The van der Waals surface area contributed by atoms with Crippen LogP contribution in [0, 0.1) is 12.8 Å². The van der Waals surface area contributed by atoms with E-state index >= 15 is 0 Å². The van der Waals surface area contributed by atoms with Gasteiger partial charge in [0.05, 0.1) is 23.4 Å². The molecule has 0 aliphatic carbocycles. The Balaban J connectivity index is 1.41. The molecule has 4 rings (SSSR count). The van der Waals surface area contributed by atoms with Crippen molar-refractivity contribution in [3.05, 3.63) is 53.6 Å². The molecule has 2 aromatic carbocycles. The molecule has 2 heterocycles. The van der Waals surface area contributed by atoms with E-state index in [-0.39, 0.29) is 29.6 Å². The van der Waals surface area contributed by atoms with Crippen LogP contribution in [0.25, 0.3) is 0 Å². The molecule has 2 aromatic rings. The van der Waals surface area contributed by atoms with Gasteiger partial charge in [-0.1, -0.05) is 30.7 Å². The van der Waals surface area contributed by atoms with Gasteiger partial charge in [-0.15, -0.1) is 0 Å². The smallest absolute Gasteiger partial charge is 0.243 e. The van der Waals surface area contributed by atoms with Gasteiger partial charge in [0.1, 0.15) is 5.75 Å². The number of hydrogen-bond donors (Lipinski definition) is 1. The summed E-state index contributed by atoms with van der Waals surface area (Å²) in [5.74, 6) is -0.366. The number of hydrogen-bond acceptors (Lipinski definition) is 6.